The van der Waals surface area contributed by atoms with Crippen LogP contribution in [0.5, 0.6) is 0 Å². The predicted octanol–water partition coefficient (Wildman–Crippen LogP) is 1.45. The fourth-order valence-corrected chi connectivity index (χ4v) is 2.18. The summed E-state index contributed by atoms with van der Waals surface area (Å²) in [6, 6.07) is 4.14. The number of likely N-dealkylation sites (tertiary alicyclic amines) is 1. The van der Waals surface area contributed by atoms with Crippen molar-refractivity contribution in [2.45, 2.75) is 25.4 Å². The number of carbonyl (C=O) groups is 1. The van der Waals surface area contributed by atoms with Crippen LogP contribution in [0.4, 0.5) is 4.39 Å². The van der Waals surface area contributed by atoms with Crippen LogP contribution in [-0.4, -0.2) is 35.1 Å². The number of benzene rings is 1. The third-order valence-corrected chi connectivity index (χ3v) is 3.32. The van der Waals surface area contributed by atoms with Crippen LogP contribution in [0.2, 0.25) is 0 Å². The molecule has 0 aliphatic carbocycles. The van der Waals surface area contributed by atoms with Gasteiger partial charge in [0.2, 0.25) is 0 Å². The number of nitrogens with zero attached hydrogens (tertiary/aromatic N) is 1. The van der Waals surface area contributed by atoms with Crippen LogP contribution in [0.15, 0.2) is 18.2 Å². The SMILES string of the molecule is NC1CCN(Cc2cc(C(=O)O)ccc2F)CC1. The van der Waals surface area contributed by atoms with E-state index < -0.39 is 5.97 Å². The Morgan fingerprint density at radius 3 is 2.72 bits per heavy atom. The first kappa shape index (κ1) is 13.0. The zero-order valence-electron chi connectivity index (χ0n) is 10.1. The monoisotopic (exact) mass is 252 g/mol. The molecule has 0 bridgehead atoms. The molecule has 5 heteroatoms. The van der Waals surface area contributed by atoms with Gasteiger partial charge in [-0.3, -0.25) is 4.90 Å². The van der Waals surface area contributed by atoms with Crippen LogP contribution in [0, 0.1) is 5.82 Å². The number of hydrogen-bond donors (Lipinski definition) is 2. The Morgan fingerprint density at radius 1 is 1.44 bits per heavy atom. The van der Waals surface area contributed by atoms with Gasteiger partial charge in [0.05, 0.1) is 5.56 Å². The Hall–Kier alpha value is -1.46. The second kappa shape index (κ2) is 5.46. The molecule has 0 spiro atoms. The average Bonchev–Trinajstić information content (AvgIpc) is 2.34. The minimum Gasteiger partial charge on any atom is -0.478 e. The van der Waals surface area contributed by atoms with E-state index in [4.69, 9.17) is 10.8 Å². The predicted molar refractivity (Wildman–Crippen MR) is 65.8 cm³/mol. The minimum absolute atomic E-state index is 0.125. The van der Waals surface area contributed by atoms with E-state index in [1.54, 1.807) is 0 Å². The van der Waals surface area contributed by atoms with Gasteiger partial charge in [0, 0.05) is 18.2 Å². The number of carboxylic acids is 1. The van der Waals surface area contributed by atoms with E-state index in [1.165, 1.54) is 18.2 Å². The maximum absolute atomic E-state index is 13.6. The van der Waals surface area contributed by atoms with Gasteiger partial charge in [-0.15, -0.1) is 0 Å². The van der Waals surface area contributed by atoms with Gasteiger partial charge in [0.25, 0.3) is 0 Å². The summed E-state index contributed by atoms with van der Waals surface area (Å²) < 4.78 is 13.6. The Morgan fingerprint density at radius 2 is 2.11 bits per heavy atom. The van der Waals surface area contributed by atoms with Crippen molar-refractivity contribution in [3.63, 3.8) is 0 Å². The highest BCUT2D eigenvalue weighted by atomic mass is 19.1. The Labute approximate surface area is 105 Å². The first-order valence-electron chi connectivity index (χ1n) is 6.06. The lowest BCUT2D eigenvalue weighted by atomic mass is 10.0. The summed E-state index contributed by atoms with van der Waals surface area (Å²) >= 11 is 0. The fraction of sp³-hybridized carbons (Fsp3) is 0.462. The highest BCUT2D eigenvalue weighted by Gasteiger charge is 2.18. The minimum atomic E-state index is -1.03. The van der Waals surface area contributed by atoms with Crippen molar-refractivity contribution in [1.82, 2.24) is 4.90 Å². The summed E-state index contributed by atoms with van der Waals surface area (Å²) in [5.41, 5.74) is 6.37. The smallest absolute Gasteiger partial charge is 0.335 e. The van der Waals surface area contributed by atoms with Crippen LogP contribution in [0.3, 0.4) is 0 Å². The van der Waals surface area contributed by atoms with Gasteiger partial charge in [-0.2, -0.15) is 0 Å². The first-order valence-corrected chi connectivity index (χ1v) is 6.06. The number of carboxylic acid groups (broad SMARTS) is 1. The zero-order chi connectivity index (χ0) is 13.1. The maximum atomic E-state index is 13.6. The molecular weight excluding hydrogens is 235 g/mol. The number of hydrogen-bond acceptors (Lipinski definition) is 3. The maximum Gasteiger partial charge on any atom is 0.335 e. The zero-order valence-corrected chi connectivity index (χ0v) is 10.1. The lowest BCUT2D eigenvalue weighted by molar-refractivity contribution is 0.0696. The van der Waals surface area contributed by atoms with Crippen molar-refractivity contribution in [1.29, 1.82) is 0 Å². The molecule has 2 rings (SSSR count). The third-order valence-electron chi connectivity index (χ3n) is 3.32. The topological polar surface area (TPSA) is 66.6 Å². The number of nitrogens with two attached hydrogens (primary N) is 1. The standard InChI is InChI=1S/C13H17FN2O2/c14-12-2-1-9(13(17)18)7-10(12)8-16-5-3-11(15)4-6-16/h1-2,7,11H,3-6,8,15H2,(H,17,18). The summed E-state index contributed by atoms with van der Waals surface area (Å²) in [5.74, 6) is -1.38. The second-order valence-corrected chi connectivity index (χ2v) is 4.72. The Balaban J connectivity index is 2.08. The molecule has 1 saturated heterocycles. The van der Waals surface area contributed by atoms with E-state index in [0.29, 0.717) is 12.1 Å². The van der Waals surface area contributed by atoms with E-state index in [0.717, 1.165) is 25.9 Å². The number of aromatic carboxylic acids is 1. The molecule has 0 unspecified atom stereocenters. The summed E-state index contributed by atoms with van der Waals surface area (Å²) in [6.07, 6.45) is 1.81. The highest BCUT2D eigenvalue weighted by molar-refractivity contribution is 5.87. The molecule has 4 nitrogen and oxygen atoms in total. The average molecular weight is 252 g/mol. The molecule has 1 aromatic carbocycles. The lowest BCUT2D eigenvalue weighted by Crippen LogP contribution is -2.39. The van der Waals surface area contributed by atoms with E-state index in [2.05, 4.69) is 4.90 Å². The Bertz CT molecular complexity index is 443. The van der Waals surface area contributed by atoms with Crippen LogP contribution >= 0.6 is 0 Å². The van der Waals surface area contributed by atoms with E-state index in [-0.39, 0.29) is 17.4 Å². The van der Waals surface area contributed by atoms with Crippen molar-refractivity contribution >= 4 is 5.97 Å². The summed E-state index contributed by atoms with van der Waals surface area (Å²) in [4.78, 5) is 13.0. The molecule has 1 aromatic rings. The molecule has 0 radical (unpaired) electrons. The molecule has 1 aliphatic rings. The number of halogens is 1. The van der Waals surface area contributed by atoms with Gasteiger partial charge in [0.1, 0.15) is 5.82 Å². The molecular formula is C13H17FN2O2. The van der Waals surface area contributed by atoms with Crippen molar-refractivity contribution in [3.8, 4) is 0 Å². The molecule has 3 N–H and O–H groups in total. The lowest BCUT2D eigenvalue weighted by Gasteiger charge is -2.30. The van der Waals surface area contributed by atoms with Crippen LogP contribution in [-0.2, 0) is 6.54 Å². The highest BCUT2D eigenvalue weighted by Crippen LogP contribution is 2.16. The number of rotatable bonds is 3. The summed E-state index contributed by atoms with van der Waals surface area (Å²) in [7, 11) is 0. The molecule has 0 amide bonds. The molecule has 98 valence electrons. The molecule has 1 heterocycles. The Kier molecular flexibility index (Phi) is 3.93. The van der Waals surface area contributed by atoms with Gasteiger partial charge in [-0.1, -0.05) is 0 Å². The van der Waals surface area contributed by atoms with Crippen LogP contribution in [0.25, 0.3) is 0 Å². The van der Waals surface area contributed by atoms with Crippen LogP contribution in [0.1, 0.15) is 28.8 Å². The quantitative estimate of drug-likeness (QED) is 0.854. The van der Waals surface area contributed by atoms with Gasteiger partial charge in [0.15, 0.2) is 0 Å². The van der Waals surface area contributed by atoms with E-state index in [1.807, 2.05) is 0 Å². The van der Waals surface area contributed by atoms with Crippen molar-refractivity contribution in [2.75, 3.05) is 13.1 Å². The van der Waals surface area contributed by atoms with Crippen molar-refractivity contribution in [2.24, 2.45) is 5.73 Å². The van der Waals surface area contributed by atoms with Crippen molar-refractivity contribution < 1.29 is 14.3 Å². The number of piperidine rings is 1. The largest absolute Gasteiger partial charge is 0.478 e. The third kappa shape index (κ3) is 3.05. The second-order valence-electron chi connectivity index (χ2n) is 4.72. The molecule has 1 fully saturated rings. The van der Waals surface area contributed by atoms with Crippen LogP contribution < -0.4 is 5.73 Å². The van der Waals surface area contributed by atoms with E-state index >= 15 is 0 Å². The molecule has 0 atom stereocenters. The van der Waals surface area contributed by atoms with Crippen molar-refractivity contribution in [3.05, 3.63) is 35.1 Å². The first-order chi connectivity index (χ1) is 8.56. The van der Waals surface area contributed by atoms with Gasteiger partial charge in [-0.25, -0.2) is 9.18 Å². The fourth-order valence-electron chi connectivity index (χ4n) is 2.18. The molecule has 18 heavy (non-hydrogen) atoms. The molecule has 0 saturated carbocycles. The van der Waals surface area contributed by atoms with Gasteiger partial charge in [-0.05, 0) is 44.1 Å². The summed E-state index contributed by atoms with van der Waals surface area (Å²) in [5, 5.41) is 8.89. The molecule has 1 aliphatic heterocycles. The van der Waals surface area contributed by atoms with E-state index in [9.17, 15) is 9.18 Å². The normalized spacial score (nSPS) is 17.9. The van der Waals surface area contributed by atoms with Gasteiger partial charge >= 0.3 is 5.97 Å². The summed E-state index contributed by atoms with van der Waals surface area (Å²) in [6.45, 7) is 2.11. The van der Waals surface area contributed by atoms with Gasteiger partial charge < -0.3 is 10.8 Å². The molecule has 0 aromatic heterocycles.